The van der Waals surface area contributed by atoms with Crippen molar-refractivity contribution in [2.45, 2.75) is 24.0 Å². The van der Waals surface area contributed by atoms with Crippen molar-refractivity contribution < 1.29 is 13.2 Å². The lowest BCUT2D eigenvalue weighted by Crippen LogP contribution is -2.19. The zero-order chi connectivity index (χ0) is 18.9. The summed E-state index contributed by atoms with van der Waals surface area (Å²) in [5.41, 5.74) is 0.174. The number of rotatable bonds is 4. The minimum atomic E-state index is -3.55. The molecule has 0 saturated carbocycles. The van der Waals surface area contributed by atoms with Crippen LogP contribution in [-0.4, -0.2) is 19.7 Å². The number of anilines is 2. The molecule has 2 aromatic rings. The van der Waals surface area contributed by atoms with E-state index in [1.54, 1.807) is 13.8 Å². The largest absolute Gasteiger partial charge is 0.324 e. The quantitative estimate of drug-likeness (QED) is 0.569. The molecule has 0 saturated heterocycles. The first-order valence-corrected chi connectivity index (χ1v) is 10.7. The van der Waals surface area contributed by atoms with Gasteiger partial charge in [0.05, 0.1) is 30.9 Å². The van der Waals surface area contributed by atoms with E-state index in [9.17, 15) is 13.2 Å². The van der Waals surface area contributed by atoms with Crippen molar-refractivity contribution in [2.24, 2.45) is 0 Å². The number of carbonyl (C=O) groups excluding carboxylic acids is 1. The standard InChI is InChI=1S/C14H12Cl4N2O3S2/c1-6(2)25(22,23)10-5-24-13(11(10)18)20-14(21)19-12-8(16)3-7(15)4-9(12)17/h3-6H,1-2H3,(H2,19,20,21). The average molecular weight is 462 g/mol. The Morgan fingerprint density at radius 1 is 1.08 bits per heavy atom. The number of halogens is 4. The van der Waals surface area contributed by atoms with Crippen molar-refractivity contribution in [3.63, 3.8) is 0 Å². The molecule has 0 bridgehead atoms. The van der Waals surface area contributed by atoms with Crippen molar-refractivity contribution in [3.05, 3.63) is 37.6 Å². The van der Waals surface area contributed by atoms with Crippen LogP contribution in [-0.2, 0) is 9.84 Å². The topological polar surface area (TPSA) is 75.3 Å². The molecule has 0 fully saturated rings. The monoisotopic (exact) mass is 460 g/mol. The van der Waals surface area contributed by atoms with Gasteiger partial charge < -0.3 is 5.32 Å². The molecule has 0 radical (unpaired) electrons. The SMILES string of the molecule is CC(C)S(=O)(=O)c1csc(NC(=O)Nc2c(Cl)cc(Cl)cc2Cl)c1Cl. The maximum absolute atomic E-state index is 12.2. The third-order valence-electron chi connectivity index (χ3n) is 3.10. The van der Waals surface area contributed by atoms with Gasteiger partial charge in [0.1, 0.15) is 5.00 Å². The number of hydrogen-bond acceptors (Lipinski definition) is 4. The van der Waals surface area contributed by atoms with Gasteiger partial charge in [0.2, 0.25) is 0 Å². The van der Waals surface area contributed by atoms with Gasteiger partial charge in [-0.1, -0.05) is 46.4 Å². The molecule has 2 amide bonds. The number of carbonyl (C=O) groups is 1. The van der Waals surface area contributed by atoms with Gasteiger partial charge in [-0.05, 0) is 26.0 Å². The number of thiophene rings is 1. The molecule has 1 heterocycles. The van der Waals surface area contributed by atoms with Gasteiger partial charge in [0, 0.05) is 10.4 Å². The van der Waals surface area contributed by atoms with E-state index in [2.05, 4.69) is 10.6 Å². The zero-order valence-electron chi connectivity index (χ0n) is 12.9. The van der Waals surface area contributed by atoms with Gasteiger partial charge in [-0.15, -0.1) is 11.3 Å². The van der Waals surface area contributed by atoms with Crippen molar-refractivity contribution in [1.29, 1.82) is 0 Å². The summed E-state index contributed by atoms with van der Waals surface area (Å²) in [6.07, 6.45) is 0. The molecular weight excluding hydrogens is 450 g/mol. The second-order valence-corrected chi connectivity index (χ2v) is 10.1. The first-order chi connectivity index (χ1) is 11.5. The van der Waals surface area contributed by atoms with Gasteiger partial charge in [0.25, 0.3) is 0 Å². The molecule has 25 heavy (non-hydrogen) atoms. The highest BCUT2D eigenvalue weighted by Gasteiger charge is 2.26. The van der Waals surface area contributed by atoms with E-state index in [4.69, 9.17) is 46.4 Å². The average Bonchev–Trinajstić information content (AvgIpc) is 2.84. The Kier molecular flexibility index (Phi) is 6.51. The van der Waals surface area contributed by atoms with Gasteiger partial charge in [-0.25, -0.2) is 13.2 Å². The number of benzene rings is 1. The molecule has 2 N–H and O–H groups in total. The summed E-state index contributed by atoms with van der Waals surface area (Å²) in [4.78, 5) is 12.1. The molecule has 0 aliphatic rings. The molecule has 11 heteroatoms. The van der Waals surface area contributed by atoms with Crippen LogP contribution in [0.15, 0.2) is 22.4 Å². The minimum Gasteiger partial charge on any atom is -0.305 e. The third-order valence-corrected chi connectivity index (χ3v) is 7.75. The Bertz CT molecular complexity index is 903. The maximum Gasteiger partial charge on any atom is 0.324 e. The fourth-order valence-corrected chi connectivity index (χ4v) is 5.61. The summed E-state index contributed by atoms with van der Waals surface area (Å²) in [7, 11) is -3.55. The molecule has 136 valence electrons. The summed E-state index contributed by atoms with van der Waals surface area (Å²) in [5, 5.41) is 6.51. The predicted molar refractivity (Wildman–Crippen MR) is 106 cm³/mol. The van der Waals surface area contributed by atoms with Gasteiger partial charge in [-0.2, -0.15) is 0 Å². The van der Waals surface area contributed by atoms with Crippen molar-refractivity contribution in [1.82, 2.24) is 0 Å². The Hall–Kier alpha value is -0.700. The Morgan fingerprint density at radius 3 is 2.16 bits per heavy atom. The minimum absolute atomic E-state index is 0.0213. The Balaban J connectivity index is 2.22. The van der Waals surface area contributed by atoms with Gasteiger partial charge in [-0.3, -0.25) is 5.32 Å². The molecule has 1 aromatic carbocycles. The summed E-state index contributed by atoms with van der Waals surface area (Å²) < 4.78 is 24.4. The molecule has 0 aliphatic heterocycles. The molecule has 1 aromatic heterocycles. The van der Waals surface area contributed by atoms with E-state index in [-0.39, 0.29) is 30.7 Å². The fourth-order valence-electron chi connectivity index (χ4n) is 1.77. The van der Waals surface area contributed by atoms with E-state index in [1.807, 2.05) is 0 Å². The highest BCUT2D eigenvalue weighted by molar-refractivity contribution is 7.92. The second kappa shape index (κ2) is 7.90. The van der Waals surface area contributed by atoms with Crippen LogP contribution in [0.5, 0.6) is 0 Å². The van der Waals surface area contributed by atoms with Crippen LogP contribution in [0.25, 0.3) is 0 Å². The van der Waals surface area contributed by atoms with E-state index >= 15 is 0 Å². The summed E-state index contributed by atoms with van der Waals surface area (Å²) in [6, 6.07) is 2.18. The second-order valence-electron chi connectivity index (χ2n) is 5.16. The van der Waals surface area contributed by atoms with Crippen LogP contribution in [0.2, 0.25) is 20.1 Å². The number of sulfone groups is 1. The number of amides is 2. The molecule has 2 rings (SSSR count). The van der Waals surface area contributed by atoms with Crippen molar-refractivity contribution >= 4 is 84.3 Å². The first kappa shape index (κ1) is 20.6. The zero-order valence-corrected chi connectivity index (χ0v) is 17.5. The lowest BCUT2D eigenvalue weighted by atomic mass is 10.3. The van der Waals surface area contributed by atoms with Gasteiger partial charge >= 0.3 is 6.03 Å². The summed E-state index contributed by atoms with van der Waals surface area (Å²) in [5.74, 6) is 0. The highest BCUT2D eigenvalue weighted by atomic mass is 35.5. The van der Waals surface area contributed by atoms with E-state index < -0.39 is 21.1 Å². The molecular formula is C14H12Cl4N2O3S2. The smallest absolute Gasteiger partial charge is 0.305 e. The number of urea groups is 1. The van der Waals surface area contributed by atoms with Crippen molar-refractivity contribution in [3.8, 4) is 0 Å². The number of nitrogens with one attached hydrogen (secondary N) is 2. The molecule has 0 spiro atoms. The van der Waals surface area contributed by atoms with E-state index in [0.717, 1.165) is 11.3 Å². The first-order valence-electron chi connectivity index (χ1n) is 6.77. The van der Waals surface area contributed by atoms with Crippen LogP contribution in [0, 0.1) is 0 Å². The maximum atomic E-state index is 12.2. The van der Waals surface area contributed by atoms with Crippen LogP contribution in [0.4, 0.5) is 15.5 Å². The van der Waals surface area contributed by atoms with Crippen LogP contribution >= 0.6 is 57.7 Å². The lowest BCUT2D eigenvalue weighted by Gasteiger charge is -2.11. The highest BCUT2D eigenvalue weighted by Crippen LogP contribution is 2.38. The van der Waals surface area contributed by atoms with Gasteiger partial charge in [0.15, 0.2) is 9.84 Å². The molecule has 5 nitrogen and oxygen atoms in total. The van der Waals surface area contributed by atoms with E-state index in [0.29, 0.717) is 5.02 Å². The third kappa shape index (κ3) is 4.53. The van der Waals surface area contributed by atoms with Crippen LogP contribution in [0.3, 0.4) is 0 Å². The molecule has 0 aliphatic carbocycles. The Morgan fingerprint density at radius 2 is 1.64 bits per heavy atom. The van der Waals surface area contributed by atoms with Crippen LogP contribution in [0.1, 0.15) is 13.8 Å². The molecule has 0 unspecified atom stereocenters. The fraction of sp³-hybridized carbons (Fsp3) is 0.214. The lowest BCUT2D eigenvalue weighted by molar-refractivity contribution is 0.262. The summed E-state index contributed by atoms with van der Waals surface area (Å²) >= 11 is 24.9. The molecule has 0 atom stereocenters. The van der Waals surface area contributed by atoms with Crippen molar-refractivity contribution in [2.75, 3.05) is 10.6 Å². The van der Waals surface area contributed by atoms with Crippen LogP contribution < -0.4 is 10.6 Å². The Labute approximate surface area is 169 Å². The van der Waals surface area contributed by atoms with E-state index in [1.165, 1.54) is 17.5 Å². The number of hydrogen-bond donors (Lipinski definition) is 2. The predicted octanol–water partition coefficient (Wildman–Crippen LogP) is 6.19. The normalized spacial score (nSPS) is 11.6. The summed E-state index contributed by atoms with van der Waals surface area (Å²) in [6.45, 7) is 3.10.